The molecule has 1 unspecified atom stereocenters. The third-order valence-electron chi connectivity index (χ3n) is 4.71. The Hall–Kier alpha value is -0.840. The zero-order chi connectivity index (χ0) is 18.5. The van der Waals surface area contributed by atoms with Gasteiger partial charge in [0.05, 0.1) is 5.25 Å². The van der Waals surface area contributed by atoms with Gasteiger partial charge in [-0.1, -0.05) is 64.7 Å². The molecule has 1 heterocycles. The van der Waals surface area contributed by atoms with Crippen molar-refractivity contribution in [3.8, 4) is 0 Å². The second-order valence-electron chi connectivity index (χ2n) is 7.08. The third-order valence-corrected chi connectivity index (χ3v) is 5.92. The molecule has 0 aromatic rings. The van der Waals surface area contributed by atoms with Crippen LogP contribution in [0.4, 0.5) is 0 Å². The number of likely N-dealkylation sites (tertiary alicyclic amines) is 1. The van der Waals surface area contributed by atoms with Crippen molar-refractivity contribution in [2.75, 3.05) is 12.3 Å². The van der Waals surface area contributed by atoms with E-state index in [1.54, 1.807) is 6.92 Å². The van der Waals surface area contributed by atoms with E-state index in [0.29, 0.717) is 25.1 Å². The molecule has 0 aromatic carbocycles. The first-order valence-electron chi connectivity index (χ1n) is 10.0. The molecule has 0 radical (unpaired) electrons. The molecule has 0 saturated carbocycles. The number of thioether (sulfide) groups is 1. The SMILES string of the molecule is CCCCCCCCCCCCN1C(=O)CC(SCCC(C)=O)C1=O. The molecule has 2 amide bonds. The Bertz CT molecular complexity index is 425. The summed E-state index contributed by atoms with van der Waals surface area (Å²) in [7, 11) is 0. The van der Waals surface area contributed by atoms with E-state index >= 15 is 0 Å². The van der Waals surface area contributed by atoms with Crippen LogP contribution in [0.2, 0.25) is 0 Å². The highest BCUT2D eigenvalue weighted by Gasteiger charge is 2.38. The highest BCUT2D eigenvalue weighted by Crippen LogP contribution is 2.26. The Balaban J connectivity index is 2.07. The molecule has 1 saturated heterocycles. The molecule has 0 aliphatic carbocycles. The highest BCUT2D eigenvalue weighted by atomic mass is 32.2. The summed E-state index contributed by atoms with van der Waals surface area (Å²) < 4.78 is 0. The van der Waals surface area contributed by atoms with Crippen LogP contribution in [0.15, 0.2) is 0 Å². The van der Waals surface area contributed by atoms with Crippen molar-refractivity contribution < 1.29 is 14.4 Å². The molecule has 5 heteroatoms. The molecule has 4 nitrogen and oxygen atoms in total. The largest absolute Gasteiger partial charge is 0.300 e. The lowest BCUT2D eigenvalue weighted by Crippen LogP contribution is -2.32. The lowest BCUT2D eigenvalue weighted by atomic mass is 10.1. The first kappa shape index (κ1) is 22.2. The van der Waals surface area contributed by atoms with E-state index < -0.39 is 0 Å². The number of imide groups is 1. The molecular formula is C20H35NO3S. The number of amides is 2. The van der Waals surface area contributed by atoms with E-state index in [-0.39, 0.29) is 22.8 Å². The zero-order valence-electron chi connectivity index (χ0n) is 16.1. The minimum absolute atomic E-state index is 0.0405. The van der Waals surface area contributed by atoms with Crippen molar-refractivity contribution in [3.05, 3.63) is 0 Å². The average Bonchev–Trinajstić information content (AvgIpc) is 2.83. The fourth-order valence-electron chi connectivity index (χ4n) is 3.12. The lowest BCUT2D eigenvalue weighted by Gasteiger charge is -2.14. The predicted octanol–water partition coefficient (Wildman–Crippen LogP) is 4.75. The maximum absolute atomic E-state index is 12.3. The van der Waals surface area contributed by atoms with Gasteiger partial charge in [-0.05, 0) is 13.3 Å². The Kier molecular flexibility index (Phi) is 11.9. The second-order valence-corrected chi connectivity index (χ2v) is 8.39. The van der Waals surface area contributed by atoms with Gasteiger partial charge in [0.15, 0.2) is 0 Å². The molecule has 1 aliphatic rings. The van der Waals surface area contributed by atoms with Crippen molar-refractivity contribution in [2.45, 2.75) is 96.1 Å². The number of hydrogen-bond acceptors (Lipinski definition) is 4. The summed E-state index contributed by atoms with van der Waals surface area (Å²) in [5, 5.41) is -0.269. The van der Waals surface area contributed by atoms with Gasteiger partial charge < -0.3 is 0 Å². The van der Waals surface area contributed by atoms with Crippen LogP contribution in [-0.2, 0) is 14.4 Å². The van der Waals surface area contributed by atoms with Crippen LogP contribution in [0.25, 0.3) is 0 Å². The normalized spacial score (nSPS) is 17.5. The van der Waals surface area contributed by atoms with Gasteiger partial charge in [-0.15, -0.1) is 11.8 Å². The minimum atomic E-state index is -0.269. The fourth-order valence-corrected chi connectivity index (χ4v) is 4.34. The van der Waals surface area contributed by atoms with Gasteiger partial charge in [0, 0.05) is 25.1 Å². The zero-order valence-corrected chi connectivity index (χ0v) is 16.9. The Labute approximate surface area is 157 Å². The molecule has 0 spiro atoms. The van der Waals surface area contributed by atoms with E-state index in [0.717, 1.165) is 12.8 Å². The minimum Gasteiger partial charge on any atom is -0.300 e. The Morgan fingerprint density at radius 3 is 2.12 bits per heavy atom. The van der Waals surface area contributed by atoms with Crippen molar-refractivity contribution in [2.24, 2.45) is 0 Å². The first-order chi connectivity index (χ1) is 12.1. The van der Waals surface area contributed by atoms with Crippen molar-refractivity contribution in [1.82, 2.24) is 4.90 Å². The number of rotatable bonds is 15. The number of carbonyl (C=O) groups excluding carboxylic acids is 3. The number of unbranched alkanes of at least 4 members (excludes halogenated alkanes) is 9. The summed E-state index contributed by atoms with van der Waals surface area (Å²) in [6.07, 6.45) is 13.2. The number of nitrogens with zero attached hydrogens (tertiary/aromatic N) is 1. The maximum Gasteiger partial charge on any atom is 0.242 e. The molecule has 144 valence electrons. The summed E-state index contributed by atoms with van der Waals surface area (Å²) in [5.74, 6) is 0.674. The second kappa shape index (κ2) is 13.4. The molecule has 0 bridgehead atoms. The van der Waals surface area contributed by atoms with Crippen LogP contribution < -0.4 is 0 Å². The van der Waals surface area contributed by atoms with Crippen LogP contribution in [-0.4, -0.2) is 40.0 Å². The molecule has 0 aromatic heterocycles. The lowest BCUT2D eigenvalue weighted by molar-refractivity contribution is -0.138. The quantitative estimate of drug-likeness (QED) is 0.309. The van der Waals surface area contributed by atoms with E-state index in [2.05, 4.69) is 6.92 Å². The molecule has 25 heavy (non-hydrogen) atoms. The van der Waals surface area contributed by atoms with Crippen molar-refractivity contribution >= 4 is 29.4 Å². The Morgan fingerprint density at radius 1 is 1.00 bits per heavy atom. The monoisotopic (exact) mass is 369 g/mol. The molecule has 1 fully saturated rings. The Morgan fingerprint density at radius 2 is 1.56 bits per heavy atom. The van der Waals surface area contributed by atoms with Crippen LogP contribution in [0.1, 0.15) is 90.9 Å². The molecular weight excluding hydrogens is 334 g/mol. The molecule has 1 rings (SSSR count). The van der Waals surface area contributed by atoms with E-state index in [4.69, 9.17) is 0 Å². The first-order valence-corrected chi connectivity index (χ1v) is 11.1. The van der Waals surface area contributed by atoms with Gasteiger partial charge in [-0.3, -0.25) is 19.3 Å². The summed E-state index contributed by atoms with van der Waals surface area (Å²) in [6.45, 7) is 4.36. The summed E-state index contributed by atoms with van der Waals surface area (Å²) >= 11 is 1.45. The summed E-state index contributed by atoms with van der Waals surface area (Å²) in [6, 6.07) is 0. The maximum atomic E-state index is 12.3. The average molecular weight is 370 g/mol. The number of hydrogen-bond donors (Lipinski definition) is 0. The summed E-state index contributed by atoms with van der Waals surface area (Å²) in [5.41, 5.74) is 0. The van der Waals surface area contributed by atoms with E-state index in [1.165, 1.54) is 68.0 Å². The fraction of sp³-hybridized carbons (Fsp3) is 0.850. The van der Waals surface area contributed by atoms with Crippen LogP contribution >= 0.6 is 11.8 Å². The van der Waals surface area contributed by atoms with Gasteiger partial charge in [-0.25, -0.2) is 0 Å². The molecule has 1 aliphatic heterocycles. The predicted molar refractivity (Wildman–Crippen MR) is 105 cm³/mol. The van der Waals surface area contributed by atoms with E-state index in [1.807, 2.05) is 0 Å². The van der Waals surface area contributed by atoms with Crippen molar-refractivity contribution in [1.29, 1.82) is 0 Å². The van der Waals surface area contributed by atoms with Gasteiger partial charge in [0.2, 0.25) is 11.8 Å². The molecule has 0 N–H and O–H groups in total. The third kappa shape index (κ3) is 9.43. The van der Waals surface area contributed by atoms with Crippen LogP contribution in [0.5, 0.6) is 0 Å². The molecule has 1 atom stereocenters. The summed E-state index contributed by atoms with van der Waals surface area (Å²) in [4.78, 5) is 36.7. The highest BCUT2D eigenvalue weighted by molar-refractivity contribution is 8.00. The van der Waals surface area contributed by atoms with Crippen molar-refractivity contribution in [3.63, 3.8) is 0 Å². The van der Waals surface area contributed by atoms with Gasteiger partial charge in [0.25, 0.3) is 0 Å². The van der Waals surface area contributed by atoms with Gasteiger partial charge >= 0.3 is 0 Å². The van der Waals surface area contributed by atoms with E-state index in [9.17, 15) is 14.4 Å². The smallest absolute Gasteiger partial charge is 0.242 e. The number of ketones is 1. The van der Waals surface area contributed by atoms with Crippen LogP contribution in [0, 0.1) is 0 Å². The number of carbonyl (C=O) groups is 3. The van der Waals surface area contributed by atoms with Gasteiger partial charge in [0.1, 0.15) is 5.78 Å². The van der Waals surface area contributed by atoms with Gasteiger partial charge in [-0.2, -0.15) is 0 Å². The van der Waals surface area contributed by atoms with Crippen LogP contribution in [0.3, 0.4) is 0 Å². The topological polar surface area (TPSA) is 54.5 Å². The number of Topliss-reactive ketones (excluding diaryl/α,β-unsaturated/α-hetero) is 1. The standard InChI is InChI=1S/C20H35NO3S/c1-3-4-5-6-7-8-9-10-11-12-14-21-19(23)16-18(20(21)24)25-15-13-17(2)22/h18H,3-16H2,1-2H3.